The van der Waals surface area contributed by atoms with Crippen LogP contribution in [0.4, 0.5) is 11.4 Å². The van der Waals surface area contributed by atoms with E-state index in [-0.39, 0.29) is 6.61 Å². The van der Waals surface area contributed by atoms with E-state index in [0.29, 0.717) is 22.5 Å². The van der Waals surface area contributed by atoms with Crippen molar-refractivity contribution in [1.82, 2.24) is 0 Å². The molecule has 0 heterocycles. The van der Waals surface area contributed by atoms with Gasteiger partial charge in [-0.15, -0.1) is 0 Å². The van der Waals surface area contributed by atoms with Gasteiger partial charge in [-0.2, -0.15) is 0 Å². The number of sulfonamides is 1. The van der Waals surface area contributed by atoms with Gasteiger partial charge in [0.15, 0.2) is 0 Å². The molecule has 0 aliphatic carbocycles. The summed E-state index contributed by atoms with van der Waals surface area (Å²) in [7, 11) is -3.73. The molecule has 0 aliphatic rings. The topological polar surface area (TPSA) is 92.8 Å². The van der Waals surface area contributed by atoms with Crippen molar-refractivity contribution in [2.24, 2.45) is 0 Å². The lowest BCUT2D eigenvalue weighted by Gasteiger charge is -2.30. The molecule has 30 heavy (non-hydrogen) atoms. The fourth-order valence-electron chi connectivity index (χ4n) is 3.18. The number of ether oxygens (including phenoxy) is 1. The molecule has 7 nitrogen and oxygen atoms in total. The Morgan fingerprint density at radius 3 is 2.40 bits per heavy atom. The van der Waals surface area contributed by atoms with Gasteiger partial charge < -0.3 is 10.1 Å². The van der Waals surface area contributed by atoms with Crippen molar-refractivity contribution in [1.29, 1.82) is 0 Å². The number of rotatable bonds is 7. The number of nitrogens with one attached hydrogen (secondary N) is 1. The van der Waals surface area contributed by atoms with Crippen molar-refractivity contribution in [2.45, 2.75) is 40.7 Å². The smallest absolute Gasteiger partial charge is 0.338 e. The number of aryl methyl sites for hydroxylation is 2. The number of hydrogen-bond donors (Lipinski definition) is 1. The molecular weight excluding hydrogens is 404 g/mol. The van der Waals surface area contributed by atoms with Crippen LogP contribution in [-0.4, -0.2) is 39.2 Å². The first-order valence-electron chi connectivity index (χ1n) is 9.61. The van der Waals surface area contributed by atoms with Gasteiger partial charge in [-0.1, -0.05) is 18.2 Å². The molecule has 1 amide bonds. The van der Waals surface area contributed by atoms with Crippen LogP contribution in [-0.2, 0) is 19.6 Å². The van der Waals surface area contributed by atoms with Gasteiger partial charge in [-0.3, -0.25) is 9.10 Å². The lowest BCUT2D eigenvalue weighted by molar-refractivity contribution is -0.116. The molecule has 0 radical (unpaired) electrons. The Bertz CT molecular complexity index is 1060. The van der Waals surface area contributed by atoms with Gasteiger partial charge in [0.1, 0.15) is 6.04 Å². The Kier molecular flexibility index (Phi) is 7.25. The summed E-state index contributed by atoms with van der Waals surface area (Å²) in [6.07, 6.45) is 1.07. The highest BCUT2D eigenvalue weighted by Crippen LogP contribution is 2.27. The number of hydrogen-bond acceptors (Lipinski definition) is 5. The fourth-order valence-corrected chi connectivity index (χ4v) is 4.40. The molecule has 0 saturated carbocycles. The summed E-state index contributed by atoms with van der Waals surface area (Å²) in [5.74, 6) is -0.988. The summed E-state index contributed by atoms with van der Waals surface area (Å²) in [4.78, 5) is 25.1. The molecule has 0 aliphatic heterocycles. The Balaban J connectivity index is 2.39. The van der Waals surface area contributed by atoms with Crippen LogP contribution in [0.2, 0.25) is 0 Å². The van der Waals surface area contributed by atoms with E-state index in [0.717, 1.165) is 21.7 Å². The van der Waals surface area contributed by atoms with Crippen molar-refractivity contribution in [3.05, 3.63) is 58.7 Å². The number of esters is 1. The number of benzene rings is 2. The predicted molar refractivity (Wildman–Crippen MR) is 118 cm³/mol. The highest BCUT2D eigenvalue weighted by atomic mass is 32.2. The lowest BCUT2D eigenvalue weighted by atomic mass is 10.1. The van der Waals surface area contributed by atoms with Gasteiger partial charge >= 0.3 is 5.97 Å². The van der Waals surface area contributed by atoms with E-state index in [4.69, 9.17) is 4.74 Å². The molecule has 0 fully saturated rings. The first kappa shape index (κ1) is 23.4. The minimum Gasteiger partial charge on any atom is -0.462 e. The zero-order valence-corrected chi connectivity index (χ0v) is 19.0. The highest BCUT2D eigenvalue weighted by molar-refractivity contribution is 7.92. The first-order valence-corrected chi connectivity index (χ1v) is 11.5. The minimum absolute atomic E-state index is 0.241. The van der Waals surface area contributed by atoms with Crippen LogP contribution in [0, 0.1) is 20.8 Å². The summed E-state index contributed by atoms with van der Waals surface area (Å²) in [5.41, 5.74) is 3.40. The Hall–Kier alpha value is -2.87. The van der Waals surface area contributed by atoms with E-state index >= 15 is 0 Å². The summed E-state index contributed by atoms with van der Waals surface area (Å²) < 4.78 is 31.3. The summed E-state index contributed by atoms with van der Waals surface area (Å²) in [6.45, 7) is 8.84. The summed E-state index contributed by atoms with van der Waals surface area (Å²) >= 11 is 0. The van der Waals surface area contributed by atoms with Crippen LogP contribution in [0.15, 0.2) is 36.4 Å². The maximum Gasteiger partial charge on any atom is 0.338 e. The van der Waals surface area contributed by atoms with Crippen molar-refractivity contribution < 1.29 is 22.7 Å². The lowest BCUT2D eigenvalue weighted by Crippen LogP contribution is -2.45. The number of carbonyl (C=O) groups is 2. The highest BCUT2D eigenvalue weighted by Gasteiger charge is 2.30. The molecule has 1 N–H and O–H groups in total. The molecule has 1 atom stereocenters. The van der Waals surface area contributed by atoms with Crippen molar-refractivity contribution in [3.63, 3.8) is 0 Å². The molecule has 2 aromatic carbocycles. The Labute approximate surface area is 178 Å². The normalized spacial score (nSPS) is 12.2. The van der Waals surface area contributed by atoms with E-state index < -0.39 is 27.9 Å². The standard InChI is InChI=1S/C22H28N2O5S/c1-7-29-22(26)18-9-8-10-19(16(18)4)23-21(25)17(5)24(30(6,27)28)20-13-14(2)11-12-15(20)3/h8-13,17H,7H2,1-6H3,(H,23,25). The third-order valence-electron chi connectivity index (χ3n) is 4.78. The summed E-state index contributed by atoms with van der Waals surface area (Å²) in [5, 5.41) is 2.75. The van der Waals surface area contributed by atoms with Crippen LogP contribution in [0.1, 0.15) is 40.9 Å². The molecule has 0 bridgehead atoms. The molecular formula is C22H28N2O5S. The predicted octanol–water partition coefficient (Wildman–Crippen LogP) is 3.58. The monoisotopic (exact) mass is 432 g/mol. The molecule has 1 unspecified atom stereocenters. The number of nitrogens with zero attached hydrogens (tertiary/aromatic N) is 1. The molecule has 0 aromatic heterocycles. The Morgan fingerprint density at radius 2 is 1.80 bits per heavy atom. The van der Waals surface area contributed by atoms with Crippen LogP contribution in [0.3, 0.4) is 0 Å². The first-order chi connectivity index (χ1) is 14.0. The third-order valence-corrected chi connectivity index (χ3v) is 6.01. The molecule has 2 rings (SSSR count). The van der Waals surface area contributed by atoms with Crippen molar-refractivity contribution in [3.8, 4) is 0 Å². The van der Waals surface area contributed by atoms with Crippen LogP contribution in [0.5, 0.6) is 0 Å². The van der Waals surface area contributed by atoms with E-state index in [9.17, 15) is 18.0 Å². The average Bonchev–Trinajstić information content (AvgIpc) is 2.65. The van der Waals surface area contributed by atoms with Crippen LogP contribution < -0.4 is 9.62 Å². The molecule has 162 valence electrons. The van der Waals surface area contributed by atoms with Crippen LogP contribution >= 0.6 is 0 Å². The second-order valence-corrected chi connectivity index (χ2v) is 9.07. The molecule has 8 heteroatoms. The van der Waals surface area contributed by atoms with Gasteiger partial charge in [0, 0.05) is 5.69 Å². The van der Waals surface area contributed by atoms with Gasteiger partial charge in [0.25, 0.3) is 0 Å². The fraction of sp³-hybridized carbons (Fsp3) is 0.364. The third kappa shape index (κ3) is 5.18. The number of carbonyl (C=O) groups excluding carboxylic acids is 2. The van der Waals surface area contributed by atoms with Gasteiger partial charge in [0.05, 0.1) is 24.1 Å². The minimum atomic E-state index is -3.73. The average molecular weight is 433 g/mol. The number of anilines is 2. The quantitative estimate of drug-likeness (QED) is 0.675. The SMILES string of the molecule is CCOC(=O)c1cccc(NC(=O)C(C)N(c2cc(C)ccc2C)S(C)(=O)=O)c1C. The maximum absolute atomic E-state index is 13.0. The molecule has 0 spiro atoms. The second-order valence-electron chi connectivity index (χ2n) is 7.21. The largest absolute Gasteiger partial charge is 0.462 e. The van der Waals surface area contributed by atoms with Crippen molar-refractivity contribution >= 4 is 33.3 Å². The van der Waals surface area contributed by atoms with Gasteiger partial charge in [-0.25, -0.2) is 13.2 Å². The van der Waals surface area contributed by atoms with Crippen LogP contribution in [0.25, 0.3) is 0 Å². The summed E-state index contributed by atoms with van der Waals surface area (Å²) in [6, 6.07) is 9.35. The van der Waals surface area contributed by atoms with E-state index in [2.05, 4.69) is 5.32 Å². The zero-order chi connectivity index (χ0) is 22.6. The van der Waals surface area contributed by atoms with Crippen molar-refractivity contribution in [2.75, 3.05) is 22.5 Å². The maximum atomic E-state index is 13.0. The molecule has 2 aromatic rings. The van der Waals surface area contributed by atoms with Gasteiger partial charge in [-0.05, 0) is 69.5 Å². The second kappa shape index (κ2) is 9.30. The Morgan fingerprint density at radius 1 is 1.13 bits per heavy atom. The molecule has 0 saturated heterocycles. The van der Waals surface area contributed by atoms with E-state index in [1.807, 2.05) is 19.1 Å². The zero-order valence-electron chi connectivity index (χ0n) is 18.1. The number of amides is 1. The van der Waals surface area contributed by atoms with E-state index in [1.54, 1.807) is 45.0 Å². The van der Waals surface area contributed by atoms with Gasteiger partial charge in [0.2, 0.25) is 15.9 Å². The van der Waals surface area contributed by atoms with E-state index in [1.165, 1.54) is 6.92 Å².